The highest BCUT2D eigenvalue weighted by molar-refractivity contribution is 6.31. The Morgan fingerprint density at radius 1 is 0.619 bits per heavy atom. The first-order valence-corrected chi connectivity index (χ1v) is 5.76. The fourth-order valence-electron chi connectivity index (χ4n) is 2.38. The van der Waals surface area contributed by atoms with Gasteiger partial charge in [-0.15, -0.1) is 0 Å². The topological polar surface area (TPSA) is 135 Å². The van der Waals surface area contributed by atoms with Crippen LogP contribution in [0.15, 0.2) is 18.2 Å². The van der Waals surface area contributed by atoms with Crippen LogP contribution in [0, 0.1) is 0 Å². The number of carbonyl (C=O) groups is 2. The number of benzene rings is 2. The Morgan fingerprint density at radius 2 is 1.24 bits per heavy atom. The molecule has 7 heteroatoms. The van der Waals surface area contributed by atoms with Crippen LogP contribution in [0.25, 0.3) is 0 Å². The second-order valence-electron chi connectivity index (χ2n) is 4.56. The summed E-state index contributed by atoms with van der Waals surface area (Å²) in [5, 5.41) is 48.1. The van der Waals surface area contributed by atoms with E-state index >= 15 is 0 Å². The molecule has 0 bridgehead atoms. The molecule has 2 aromatic carbocycles. The maximum Gasteiger partial charge on any atom is 0.202 e. The zero-order chi connectivity index (χ0) is 15.5. The van der Waals surface area contributed by atoms with Crippen LogP contribution in [-0.2, 0) is 0 Å². The molecule has 3 rings (SSSR count). The van der Waals surface area contributed by atoms with Crippen molar-refractivity contribution in [1.29, 1.82) is 0 Å². The molecule has 7 nitrogen and oxygen atoms in total. The number of ketones is 2. The molecule has 1 aliphatic rings. The van der Waals surface area contributed by atoms with E-state index in [1.807, 2.05) is 0 Å². The Morgan fingerprint density at radius 3 is 1.90 bits per heavy atom. The predicted octanol–water partition coefficient (Wildman–Crippen LogP) is 0.990. The number of rotatable bonds is 0. The molecule has 0 saturated heterocycles. The molecule has 0 fully saturated rings. The van der Waals surface area contributed by atoms with Gasteiger partial charge >= 0.3 is 0 Å². The molecule has 5 N–H and O–H groups in total. The summed E-state index contributed by atoms with van der Waals surface area (Å²) in [5.41, 5.74) is -1.80. The highest BCUT2D eigenvalue weighted by Gasteiger charge is 2.37. The van der Waals surface area contributed by atoms with Crippen molar-refractivity contribution in [1.82, 2.24) is 0 Å². The van der Waals surface area contributed by atoms with Crippen LogP contribution in [-0.4, -0.2) is 37.1 Å². The molecule has 2 aromatic rings. The quantitative estimate of drug-likeness (QED) is 0.307. The lowest BCUT2D eigenvalue weighted by atomic mass is 9.82. The van der Waals surface area contributed by atoms with Gasteiger partial charge in [0.25, 0.3) is 0 Å². The average molecular weight is 288 g/mol. The minimum Gasteiger partial charge on any atom is -0.508 e. The highest BCUT2D eigenvalue weighted by Crippen LogP contribution is 2.45. The summed E-state index contributed by atoms with van der Waals surface area (Å²) in [7, 11) is 0. The first-order valence-electron chi connectivity index (χ1n) is 5.76. The van der Waals surface area contributed by atoms with Crippen LogP contribution >= 0.6 is 0 Å². The highest BCUT2D eigenvalue weighted by atomic mass is 16.3. The minimum atomic E-state index is -0.908. The largest absolute Gasteiger partial charge is 0.508 e. The van der Waals surface area contributed by atoms with Crippen molar-refractivity contribution in [3.63, 3.8) is 0 Å². The van der Waals surface area contributed by atoms with Crippen LogP contribution in [0.2, 0.25) is 0 Å². The Hall–Kier alpha value is -3.22. The number of aromatic hydroxyl groups is 5. The molecule has 0 unspecified atom stereocenters. The first kappa shape index (κ1) is 12.8. The molecule has 0 heterocycles. The van der Waals surface area contributed by atoms with E-state index in [-0.39, 0.29) is 11.1 Å². The van der Waals surface area contributed by atoms with E-state index in [9.17, 15) is 35.1 Å². The fourth-order valence-corrected chi connectivity index (χ4v) is 2.38. The SMILES string of the molecule is O=C1c2c(O)cc(O)cc2C(=O)c2c(O)c(O)cc(O)c21. The van der Waals surface area contributed by atoms with E-state index in [4.69, 9.17) is 0 Å². The zero-order valence-corrected chi connectivity index (χ0v) is 10.3. The van der Waals surface area contributed by atoms with E-state index in [1.165, 1.54) is 0 Å². The number of fused-ring (bicyclic) bond motifs is 2. The Labute approximate surface area is 117 Å². The van der Waals surface area contributed by atoms with Crippen molar-refractivity contribution >= 4 is 11.6 Å². The van der Waals surface area contributed by atoms with Gasteiger partial charge in [0.2, 0.25) is 5.78 Å². The van der Waals surface area contributed by atoms with Crippen LogP contribution in [0.4, 0.5) is 0 Å². The van der Waals surface area contributed by atoms with E-state index < -0.39 is 51.4 Å². The molecule has 0 aromatic heterocycles. The van der Waals surface area contributed by atoms with Gasteiger partial charge in [0.05, 0.1) is 16.7 Å². The van der Waals surface area contributed by atoms with Crippen LogP contribution < -0.4 is 0 Å². The fraction of sp³-hybridized carbons (Fsp3) is 0. The molecule has 0 amide bonds. The maximum absolute atomic E-state index is 12.3. The molecule has 21 heavy (non-hydrogen) atoms. The van der Waals surface area contributed by atoms with E-state index in [0.29, 0.717) is 0 Å². The van der Waals surface area contributed by atoms with Crippen LogP contribution in [0.5, 0.6) is 28.7 Å². The van der Waals surface area contributed by atoms with E-state index in [2.05, 4.69) is 0 Å². The van der Waals surface area contributed by atoms with E-state index in [1.54, 1.807) is 0 Å². The third-order valence-electron chi connectivity index (χ3n) is 3.29. The molecule has 0 atom stereocenters. The van der Waals surface area contributed by atoms with Crippen molar-refractivity contribution < 1.29 is 35.1 Å². The van der Waals surface area contributed by atoms with Gasteiger partial charge in [0, 0.05) is 17.7 Å². The monoisotopic (exact) mass is 288 g/mol. The molecule has 0 spiro atoms. The van der Waals surface area contributed by atoms with Gasteiger partial charge in [-0.25, -0.2) is 0 Å². The second kappa shape index (κ2) is 3.89. The van der Waals surface area contributed by atoms with Gasteiger partial charge in [-0.2, -0.15) is 0 Å². The lowest BCUT2D eigenvalue weighted by molar-refractivity contribution is 0.0971. The smallest absolute Gasteiger partial charge is 0.202 e. The third-order valence-corrected chi connectivity index (χ3v) is 3.29. The first-order chi connectivity index (χ1) is 9.82. The van der Waals surface area contributed by atoms with Crippen molar-refractivity contribution in [2.24, 2.45) is 0 Å². The van der Waals surface area contributed by atoms with Gasteiger partial charge in [-0.05, 0) is 6.07 Å². The standard InChI is InChI=1S/C14H8O7/c15-4-1-5-9(6(16)2-4)14(21)10-7(17)3-8(18)13(20)11(10)12(5)19/h1-3,15-18,20H. The summed E-state index contributed by atoms with van der Waals surface area (Å²) < 4.78 is 0. The maximum atomic E-state index is 12.3. The molecule has 106 valence electrons. The number of carbonyl (C=O) groups excluding carboxylic acids is 2. The van der Waals surface area contributed by atoms with Crippen LogP contribution in [0.1, 0.15) is 31.8 Å². The predicted molar refractivity (Wildman–Crippen MR) is 68.1 cm³/mol. The molecule has 1 aliphatic carbocycles. The molecular formula is C14H8O7. The summed E-state index contributed by atoms with van der Waals surface area (Å²) >= 11 is 0. The zero-order valence-electron chi connectivity index (χ0n) is 10.3. The molecule has 0 saturated carbocycles. The van der Waals surface area contributed by atoms with Crippen molar-refractivity contribution in [2.75, 3.05) is 0 Å². The number of phenols is 5. The lowest BCUT2D eigenvalue weighted by Crippen LogP contribution is -2.21. The Balaban J connectivity index is 2.44. The molecular weight excluding hydrogens is 280 g/mol. The van der Waals surface area contributed by atoms with Crippen molar-refractivity contribution in [3.8, 4) is 28.7 Å². The van der Waals surface area contributed by atoms with Gasteiger partial charge in [-0.3, -0.25) is 9.59 Å². The summed E-state index contributed by atoms with van der Waals surface area (Å²) in [6, 6.07) is 2.56. The van der Waals surface area contributed by atoms with Crippen molar-refractivity contribution in [3.05, 3.63) is 40.5 Å². The van der Waals surface area contributed by atoms with Crippen molar-refractivity contribution in [2.45, 2.75) is 0 Å². The number of phenolic OH excluding ortho intramolecular Hbond substituents is 5. The van der Waals surface area contributed by atoms with Gasteiger partial charge in [0.1, 0.15) is 17.2 Å². The lowest BCUT2D eigenvalue weighted by Gasteiger charge is -2.20. The molecule has 0 radical (unpaired) electrons. The molecule has 0 aliphatic heterocycles. The average Bonchev–Trinajstić information content (AvgIpc) is 2.39. The Bertz CT molecular complexity index is 836. The minimum absolute atomic E-state index is 0.328. The summed E-state index contributed by atoms with van der Waals surface area (Å²) in [4.78, 5) is 24.6. The normalized spacial score (nSPS) is 13.0. The third kappa shape index (κ3) is 1.54. The Kier molecular flexibility index (Phi) is 2.37. The van der Waals surface area contributed by atoms with Crippen LogP contribution in [0.3, 0.4) is 0 Å². The van der Waals surface area contributed by atoms with Gasteiger partial charge in [-0.1, -0.05) is 0 Å². The van der Waals surface area contributed by atoms with E-state index in [0.717, 1.165) is 18.2 Å². The summed E-state index contributed by atoms with van der Waals surface area (Å²) in [5.74, 6) is -5.19. The summed E-state index contributed by atoms with van der Waals surface area (Å²) in [6.45, 7) is 0. The van der Waals surface area contributed by atoms with Gasteiger partial charge < -0.3 is 25.5 Å². The number of hydrogen-bond acceptors (Lipinski definition) is 7. The second-order valence-corrected chi connectivity index (χ2v) is 4.56. The number of hydrogen-bond donors (Lipinski definition) is 5. The summed E-state index contributed by atoms with van der Waals surface area (Å²) in [6.07, 6.45) is 0. The van der Waals surface area contributed by atoms with Gasteiger partial charge in [0.15, 0.2) is 17.3 Å².